The van der Waals surface area contributed by atoms with Crippen molar-refractivity contribution in [3.05, 3.63) is 41.6 Å². The summed E-state index contributed by atoms with van der Waals surface area (Å²) in [5.41, 5.74) is 1.01. The van der Waals surface area contributed by atoms with Crippen LogP contribution in [0, 0.1) is 12.8 Å². The van der Waals surface area contributed by atoms with Crippen molar-refractivity contribution >= 4 is 24.3 Å². The van der Waals surface area contributed by atoms with E-state index in [1.165, 1.54) is 11.4 Å². The van der Waals surface area contributed by atoms with E-state index in [0.717, 1.165) is 5.56 Å². The Balaban J connectivity index is 2.36. The summed E-state index contributed by atoms with van der Waals surface area (Å²) < 4.78 is 39.4. The molecule has 0 aliphatic carbocycles. The zero-order valence-corrected chi connectivity index (χ0v) is 21.2. The molecule has 0 fully saturated rings. The SMILES string of the molecule is COC(=O)C1=CC[C@@H](CO[Si](C)(C)C(C)(C)C(C)C)N1S(=O)(=O)c1ccc(C)cc1. The van der Waals surface area contributed by atoms with Crippen LogP contribution in [0.4, 0.5) is 0 Å². The molecule has 0 amide bonds. The Kier molecular flexibility index (Phi) is 7.26. The Labute approximate surface area is 182 Å². The first-order valence-electron chi connectivity index (χ1n) is 10.3. The van der Waals surface area contributed by atoms with E-state index >= 15 is 0 Å². The van der Waals surface area contributed by atoms with Gasteiger partial charge in [0.1, 0.15) is 5.70 Å². The first kappa shape index (κ1) is 24.6. The van der Waals surface area contributed by atoms with Crippen LogP contribution in [0.5, 0.6) is 0 Å². The summed E-state index contributed by atoms with van der Waals surface area (Å²) in [5.74, 6) is -0.230. The van der Waals surface area contributed by atoms with Gasteiger partial charge >= 0.3 is 5.97 Å². The first-order valence-corrected chi connectivity index (χ1v) is 14.6. The molecule has 0 radical (unpaired) electrons. The van der Waals surface area contributed by atoms with Crippen molar-refractivity contribution in [3.8, 4) is 0 Å². The minimum atomic E-state index is -3.93. The van der Waals surface area contributed by atoms with E-state index in [1.54, 1.807) is 30.3 Å². The number of aryl methyl sites for hydroxylation is 1. The number of methoxy groups -OCH3 is 1. The van der Waals surface area contributed by atoms with Gasteiger partial charge in [-0.3, -0.25) is 4.31 Å². The van der Waals surface area contributed by atoms with Crippen LogP contribution in [-0.4, -0.2) is 46.8 Å². The number of esters is 1. The smallest absolute Gasteiger partial charge is 0.355 e. The highest BCUT2D eigenvalue weighted by Gasteiger charge is 2.46. The van der Waals surface area contributed by atoms with Gasteiger partial charge in [-0.1, -0.05) is 51.5 Å². The molecule has 8 heteroatoms. The summed E-state index contributed by atoms with van der Waals surface area (Å²) in [6, 6.07) is 6.14. The largest absolute Gasteiger partial charge is 0.464 e. The van der Waals surface area contributed by atoms with Crippen molar-refractivity contribution in [2.24, 2.45) is 5.92 Å². The number of sulfonamides is 1. The van der Waals surface area contributed by atoms with Gasteiger partial charge in [0.2, 0.25) is 0 Å². The van der Waals surface area contributed by atoms with Crippen molar-refractivity contribution in [2.45, 2.75) is 70.1 Å². The second-order valence-corrected chi connectivity index (χ2v) is 15.7. The lowest BCUT2D eigenvalue weighted by Gasteiger charge is -2.43. The van der Waals surface area contributed by atoms with Gasteiger partial charge in [-0.05, 0) is 49.5 Å². The van der Waals surface area contributed by atoms with Crippen LogP contribution < -0.4 is 0 Å². The third-order valence-corrected chi connectivity index (χ3v) is 13.2. The summed E-state index contributed by atoms with van der Waals surface area (Å²) in [5, 5.41) is 0.00484. The van der Waals surface area contributed by atoms with Gasteiger partial charge in [-0.2, -0.15) is 0 Å². The maximum absolute atomic E-state index is 13.4. The van der Waals surface area contributed by atoms with Crippen LogP contribution in [0.15, 0.2) is 40.9 Å². The predicted octanol–water partition coefficient (Wildman–Crippen LogP) is 4.47. The number of rotatable bonds is 8. The molecule has 1 atom stereocenters. The van der Waals surface area contributed by atoms with Crippen LogP contribution in [-0.2, 0) is 24.0 Å². The molecule has 6 nitrogen and oxygen atoms in total. The molecule has 168 valence electrons. The Morgan fingerprint density at radius 3 is 2.30 bits per heavy atom. The summed E-state index contributed by atoms with van der Waals surface area (Å²) in [4.78, 5) is 12.5. The average molecular weight is 454 g/mol. The number of carbonyl (C=O) groups is 1. The summed E-state index contributed by atoms with van der Waals surface area (Å²) in [6.07, 6.45) is 2.04. The fourth-order valence-corrected chi connectivity index (χ4v) is 7.41. The maximum Gasteiger partial charge on any atom is 0.355 e. The lowest BCUT2D eigenvalue weighted by Crippen LogP contribution is -2.49. The van der Waals surface area contributed by atoms with Crippen molar-refractivity contribution in [1.29, 1.82) is 0 Å². The predicted molar refractivity (Wildman–Crippen MR) is 121 cm³/mol. The minimum absolute atomic E-state index is 0.00484. The zero-order chi connectivity index (χ0) is 22.9. The molecule has 0 aromatic heterocycles. The molecule has 1 heterocycles. The quantitative estimate of drug-likeness (QED) is 0.429. The molecule has 2 rings (SSSR count). The van der Waals surface area contributed by atoms with Gasteiger partial charge in [0.05, 0.1) is 24.7 Å². The molecular weight excluding hydrogens is 418 g/mol. The van der Waals surface area contributed by atoms with Crippen molar-refractivity contribution in [2.75, 3.05) is 13.7 Å². The molecule has 0 saturated carbocycles. The van der Waals surface area contributed by atoms with E-state index < -0.39 is 30.4 Å². The second kappa shape index (κ2) is 8.84. The Morgan fingerprint density at radius 2 is 1.80 bits per heavy atom. The number of hydrogen-bond acceptors (Lipinski definition) is 5. The number of nitrogens with zero attached hydrogens (tertiary/aromatic N) is 1. The van der Waals surface area contributed by atoms with Crippen LogP contribution in [0.2, 0.25) is 18.1 Å². The van der Waals surface area contributed by atoms with Crippen molar-refractivity contribution in [1.82, 2.24) is 4.31 Å². The third kappa shape index (κ3) is 4.65. The van der Waals surface area contributed by atoms with Gasteiger partial charge in [-0.15, -0.1) is 0 Å². The van der Waals surface area contributed by atoms with E-state index in [1.807, 2.05) is 6.92 Å². The molecule has 0 unspecified atom stereocenters. The second-order valence-electron chi connectivity index (χ2n) is 9.28. The van der Waals surface area contributed by atoms with Gasteiger partial charge in [0.25, 0.3) is 10.0 Å². The highest BCUT2D eigenvalue weighted by atomic mass is 32.2. The van der Waals surface area contributed by atoms with E-state index in [4.69, 9.17) is 9.16 Å². The van der Waals surface area contributed by atoms with Crippen LogP contribution in [0.25, 0.3) is 0 Å². The van der Waals surface area contributed by atoms with E-state index in [-0.39, 0.29) is 22.2 Å². The molecule has 30 heavy (non-hydrogen) atoms. The number of carbonyl (C=O) groups excluding carboxylic acids is 1. The molecule has 1 aliphatic rings. The summed E-state index contributed by atoms with van der Waals surface area (Å²) in [7, 11) is -4.83. The Hall–Kier alpha value is -1.64. The first-order chi connectivity index (χ1) is 13.8. The third-order valence-electron chi connectivity index (χ3n) is 6.76. The minimum Gasteiger partial charge on any atom is -0.464 e. The van der Waals surface area contributed by atoms with Crippen LogP contribution >= 0.6 is 0 Å². The monoisotopic (exact) mass is 453 g/mol. The number of benzene rings is 1. The van der Waals surface area contributed by atoms with Gasteiger partial charge in [-0.25, -0.2) is 13.2 Å². The maximum atomic E-state index is 13.4. The van der Waals surface area contributed by atoms with Gasteiger partial charge in [0, 0.05) is 0 Å². The van der Waals surface area contributed by atoms with E-state index in [9.17, 15) is 13.2 Å². The van der Waals surface area contributed by atoms with E-state index in [0.29, 0.717) is 12.3 Å². The molecule has 0 saturated heterocycles. The highest BCUT2D eigenvalue weighted by Crippen LogP contribution is 2.45. The molecule has 0 N–H and O–H groups in total. The molecule has 0 spiro atoms. The zero-order valence-electron chi connectivity index (χ0n) is 19.4. The number of ether oxygens (including phenoxy) is 1. The van der Waals surface area contributed by atoms with Crippen molar-refractivity contribution in [3.63, 3.8) is 0 Å². The average Bonchev–Trinajstić information content (AvgIpc) is 3.10. The molecule has 1 aliphatic heterocycles. The fraction of sp³-hybridized carbons (Fsp3) is 0.591. The van der Waals surface area contributed by atoms with E-state index in [2.05, 4.69) is 40.8 Å². The normalized spacial score (nSPS) is 18.0. The molecule has 0 bridgehead atoms. The van der Waals surface area contributed by atoms with Crippen LogP contribution in [0.1, 0.15) is 39.7 Å². The van der Waals surface area contributed by atoms with Crippen molar-refractivity contribution < 1.29 is 22.4 Å². The fourth-order valence-electron chi connectivity index (χ4n) is 3.38. The van der Waals surface area contributed by atoms with Gasteiger partial charge < -0.3 is 9.16 Å². The molecular formula is C22H35NO5SSi. The number of hydrogen-bond donors (Lipinski definition) is 0. The summed E-state index contributed by atoms with van der Waals surface area (Å²) in [6.45, 7) is 15.2. The Morgan fingerprint density at radius 1 is 1.23 bits per heavy atom. The highest BCUT2D eigenvalue weighted by molar-refractivity contribution is 7.89. The van der Waals surface area contributed by atoms with Crippen LogP contribution in [0.3, 0.4) is 0 Å². The van der Waals surface area contributed by atoms with Gasteiger partial charge in [0.15, 0.2) is 8.32 Å². The lowest BCUT2D eigenvalue weighted by molar-refractivity contribution is -0.137. The topological polar surface area (TPSA) is 72.9 Å². The molecule has 1 aromatic carbocycles. The lowest BCUT2D eigenvalue weighted by atomic mass is 9.99. The summed E-state index contributed by atoms with van der Waals surface area (Å²) >= 11 is 0. The standard InChI is InChI=1S/C22H35NO5SSi/c1-16(2)22(4,5)30(7,8)28-15-18-11-14-20(21(24)27-6)23(18)29(25,26)19-12-9-17(3)10-13-19/h9-10,12-14,16,18H,11,15H2,1-8H3/t18-/m0/s1. The Bertz CT molecular complexity index is 904. The molecule has 1 aromatic rings.